The van der Waals surface area contributed by atoms with E-state index in [0.717, 1.165) is 50.1 Å². The van der Waals surface area contributed by atoms with Crippen molar-refractivity contribution in [1.29, 1.82) is 0 Å². The van der Waals surface area contributed by atoms with Crippen molar-refractivity contribution < 1.29 is 20.1 Å². The number of benzene rings is 5. The van der Waals surface area contributed by atoms with Crippen LogP contribution in [0.5, 0.6) is 0 Å². The molecule has 7 aromatic rings. The van der Waals surface area contributed by atoms with Gasteiger partial charge in [-0.3, -0.25) is 0 Å². The molecule has 2 heterocycles. The predicted octanol–water partition coefficient (Wildman–Crippen LogP) is 9.16. The second-order valence-corrected chi connectivity index (χ2v) is 9.64. The molecule has 0 spiro atoms. The van der Waals surface area contributed by atoms with E-state index < -0.39 is 0 Å². The van der Waals surface area contributed by atoms with Crippen LogP contribution in [0, 0.1) is 6.07 Å². The second kappa shape index (κ2) is 11.8. The summed E-state index contributed by atoms with van der Waals surface area (Å²) in [6.07, 6.45) is 1.85. The number of rotatable bonds is 5. The van der Waals surface area contributed by atoms with E-state index in [1.807, 2.05) is 60.8 Å². The minimum Gasteiger partial charge on any atom is -0.304 e. The number of nitrogens with zero attached hydrogens (tertiary/aromatic N) is 3. The predicted molar refractivity (Wildman–Crippen MR) is 163 cm³/mol. The Bertz CT molecular complexity index is 1930. The first kappa shape index (κ1) is 26.5. The summed E-state index contributed by atoms with van der Waals surface area (Å²) in [4.78, 5) is 14.8. The van der Waals surface area contributed by atoms with Crippen molar-refractivity contribution in [3.8, 4) is 56.3 Å². The van der Waals surface area contributed by atoms with Crippen LogP contribution in [0.2, 0.25) is 0 Å². The summed E-state index contributed by atoms with van der Waals surface area (Å²) in [5, 5.41) is 2.24. The van der Waals surface area contributed by atoms with Crippen LogP contribution in [0.1, 0.15) is 0 Å². The standard InChI is InChI=1S/C37H24N3.Ir/c1-3-10-26(11-4-1)27-18-20-30(21-19-27)35-25-34(29-13-5-2-6-14-29)39-37(40-35)32-16-9-15-31(24-32)36-33-17-8-7-12-28(33)22-23-38-36;/h1-14,16-25H;/q-1;. The van der Waals surface area contributed by atoms with Crippen LogP contribution in [-0.2, 0) is 20.1 Å². The average molecular weight is 703 g/mol. The number of fused-ring (bicyclic) bond motifs is 1. The van der Waals surface area contributed by atoms with E-state index in [4.69, 9.17) is 15.0 Å². The van der Waals surface area contributed by atoms with Gasteiger partial charge in [-0.1, -0.05) is 115 Å². The van der Waals surface area contributed by atoms with E-state index in [2.05, 4.69) is 91.0 Å². The summed E-state index contributed by atoms with van der Waals surface area (Å²) in [7, 11) is 0. The first-order valence-electron chi connectivity index (χ1n) is 13.3. The zero-order chi connectivity index (χ0) is 26.7. The van der Waals surface area contributed by atoms with Gasteiger partial charge in [0.15, 0.2) is 0 Å². The molecule has 0 N–H and O–H groups in total. The van der Waals surface area contributed by atoms with Gasteiger partial charge in [-0.2, -0.15) is 0 Å². The smallest absolute Gasteiger partial charge is 0.142 e. The molecule has 0 bridgehead atoms. The molecule has 2 aromatic heterocycles. The van der Waals surface area contributed by atoms with Crippen LogP contribution in [0.4, 0.5) is 0 Å². The van der Waals surface area contributed by atoms with Crippen LogP contribution < -0.4 is 0 Å². The van der Waals surface area contributed by atoms with Gasteiger partial charge >= 0.3 is 0 Å². The van der Waals surface area contributed by atoms with Gasteiger partial charge in [0, 0.05) is 37.4 Å². The molecule has 0 aliphatic rings. The minimum absolute atomic E-state index is 0. The Morgan fingerprint density at radius 3 is 1.80 bits per heavy atom. The Balaban J connectivity index is 0.00000302. The molecule has 0 saturated heterocycles. The van der Waals surface area contributed by atoms with Gasteiger partial charge in [0.2, 0.25) is 0 Å². The van der Waals surface area contributed by atoms with Crippen LogP contribution in [0.25, 0.3) is 67.1 Å². The number of aromatic nitrogens is 3. The first-order valence-corrected chi connectivity index (χ1v) is 13.3. The Morgan fingerprint density at radius 2 is 1.07 bits per heavy atom. The number of hydrogen-bond acceptors (Lipinski definition) is 3. The van der Waals surface area contributed by atoms with Gasteiger partial charge in [-0.05, 0) is 39.7 Å². The monoisotopic (exact) mass is 703 g/mol. The average Bonchev–Trinajstić information content (AvgIpc) is 3.05. The maximum Gasteiger partial charge on any atom is 0.142 e. The van der Waals surface area contributed by atoms with E-state index >= 15 is 0 Å². The van der Waals surface area contributed by atoms with E-state index in [9.17, 15) is 0 Å². The third-order valence-electron chi connectivity index (χ3n) is 7.07. The van der Waals surface area contributed by atoms with Crippen molar-refractivity contribution in [2.45, 2.75) is 0 Å². The van der Waals surface area contributed by atoms with Crippen LogP contribution >= 0.6 is 0 Å². The molecule has 4 heteroatoms. The van der Waals surface area contributed by atoms with Crippen molar-refractivity contribution in [3.05, 3.63) is 152 Å². The molecule has 0 amide bonds. The maximum atomic E-state index is 5.05. The fourth-order valence-electron chi connectivity index (χ4n) is 5.02. The molecule has 0 aliphatic heterocycles. The van der Waals surface area contributed by atoms with Gasteiger partial charge < -0.3 is 4.98 Å². The summed E-state index contributed by atoms with van der Waals surface area (Å²) in [5.41, 5.74) is 8.94. The molecule has 0 fully saturated rings. The fraction of sp³-hybridized carbons (Fsp3) is 0. The molecule has 0 aliphatic carbocycles. The van der Waals surface area contributed by atoms with Gasteiger partial charge in [0.05, 0.1) is 11.4 Å². The first-order chi connectivity index (χ1) is 19.8. The Labute approximate surface area is 253 Å². The van der Waals surface area contributed by atoms with E-state index in [1.54, 1.807) is 0 Å². The van der Waals surface area contributed by atoms with E-state index in [0.29, 0.717) is 5.82 Å². The van der Waals surface area contributed by atoms with Crippen molar-refractivity contribution in [2.24, 2.45) is 0 Å². The second-order valence-electron chi connectivity index (χ2n) is 9.64. The van der Waals surface area contributed by atoms with E-state index in [-0.39, 0.29) is 20.1 Å². The van der Waals surface area contributed by atoms with Gasteiger partial charge in [-0.15, -0.1) is 29.8 Å². The number of hydrogen-bond donors (Lipinski definition) is 0. The fourth-order valence-corrected chi connectivity index (χ4v) is 5.02. The zero-order valence-electron chi connectivity index (χ0n) is 22.0. The summed E-state index contributed by atoms with van der Waals surface area (Å²) >= 11 is 0. The van der Waals surface area contributed by atoms with Crippen molar-refractivity contribution in [2.75, 3.05) is 0 Å². The minimum atomic E-state index is 0. The SMILES string of the molecule is [Ir].[c-]1ccc(-c2nc(-c3ccccc3)cc(-c3ccc(-c4ccccc4)cc3)n2)cc1-c1nccc2ccccc12. The van der Waals surface area contributed by atoms with Crippen LogP contribution in [0.15, 0.2) is 146 Å². The molecule has 5 aromatic carbocycles. The molecular formula is C37H24IrN3-. The molecule has 7 rings (SSSR count). The third-order valence-corrected chi connectivity index (χ3v) is 7.07. The molecule has 3 nitrogen and oxygen atoms in total. The molecule has 197 valence electrons. The quantitative estimate of drug-likeness (QED) is 0.168. The van der Waals surface area contributed by atoms with Gasteiger partial charge in [0.1, 0.15) is 5.82 Å². The van der Waals surface area contributed by atoms with E-state index in [1.165, 1.54) is 11.1 Å². The molecular weight excluding hydrogens is 679 g/mol. The molecule has 0 unspecified atom stereocenters. The summed E-state index contributed by atoms with van der Waals surface area (Å²) < 4.78 is 0. The molecule has 1 radical (unpaired) electrons. The van der Waals surface area contributed by atoms with Crippen molar-refractivity contribution in [1.82, 2.24) is 15.0 Å². The summed E-state index contributed by atoms with van der Waals surface area (Å²) in [5.74, 6) is 0.666. The summed E-state index contributed by atoms with van der Waals surface area (Å²) in [6.45, 7) is 0. The van der Waals surface area contributed by atoms with Crippen LogP contribution in [-0.4, -0.2) is 15.0 Å². The molecule has 0 saturated carbocycles. The van der Waals surface area contributed by atoms with Crippen molar-refractivity contribution >= 4 is 10.8 Å². The maximum absolute atomic E-state index is 5.05. The topological polar surface area (TPSA) is 38.7 Å². The third kappa shape index (κ3) is 5.49. The molecule has 0 atom stereocenters. The molecule has 41 heavy (non-hydrogen) atoms. The Hall–Kier alpha value is -4.76. The zero-order valence-corrected chi connectivity index (χ0v) is 24.4. The van der Waals surface area contributed by atoms with Gasteiger partial charge in [0.25, 0.3) is 0 Å². The van der Waals surface area contributed by atoms with Crippen LogP contribution in [0.3, 0.4) is 0 Å². The largest absolute Gasteiger partial charge is 0.304 e. The summed E-state index contributed by atoms with van der Waals surface area (Å²) in [6, 6.07) is 51.0. The number of pyridine rings is 1. The normalized spacial score (nSPS) is 10.7. The Morgan fingerprint density at radius 1 is 0.488 bits per heavy atom. The van der Waals surface area contributed by atoms with Crippen molar-refractivity contribution in [3.63, 3.8) is 0 Å². The van der Waals surface area contributed by atoms with Gasteiger partial charge in [-0.25, -0.2) is 9.97 Å². The Kier molecular flexibility index (Phi) is 7.60.